The van der Waals surface area contributed by atoms with E-state index in [1.807, 2.05) is 6.92 Å². The number of hydrogen-bond acceptors (Lipinski definition) is 5. The normalized spacial score (nSPS) is 23.7. The first kappa shape index (κ1) is 22.4. The highest BCUT2D eigenvalue weighted by atomic mass is 35.5. The predicted molar refractivity (Wildman–Crippen MR) is 122 cm³/mol. The number of hydrogen-bond donors (Lipinski definition) is 4. The predicted octanol–water partition coefficient (Wildman–Crippen LogP) is 2.95. The third-order valence-corrected chi connectivity index (χ3v) is 6.43. The van der Waals surface area contributed by atoms with Gasteiger partial charge < -0.3 is 21.1 Å². The van der Waals surface area contributed by atoms with Crippen LogP contribution in [0.5, 0.6) is 5.75 Å². The van der Waals surface area contributed by atoms with Crippen LogP contribution in [0.15, 0.2) is 30.3 Å². The lowest BCUT2D eigenvalue weighted by Gasteiger charge is -2.29. The molecule has 2 aliphatic heterocycles. The smallest absolute Gasteiger partial charge is 0.250 e. The van der Waals surface area contributed by atoms with Gasteiger partial charge in [0.2, 0.25) is 17.7 Å². The number of nitrogens with one attached hydrogen (secondary N) is 3. The number of halogens is 2. The van der Waals surface area contributed by atoms with Gasteiger partial charge in [-0.1, -0.05) is 23.2 Å². The molecule has 3 amide bonds. The van der Waals surface area contributed by atoms with Crippen LogP contribution >= 0.6 is 23.2 Å². The first-order chi connectivity index (χ1) is 15.1. The van der Waals surface area contributed by atoms with Gasteiger partial charge in [-0.25, -0.2) is 0 Å². The zero-order valence-electron chi connectivity index (χ0n) is 17.4. The van der Waals surface area contributed by atoms with Crippen LogP contribution in [0.4, 0.5) is 11.4 Å². The molecular weight excluding hydrogens is 455 g/mol. The number of ether oxygens (including phenoxy) is 1. The Hall–Kier alpha value is -2.81. The van der Waals surface area contributed by atoms with E-state index in [1.165, 1.54) is 7.11 Å². The maximum absolute atomic E-state index is 13.5. The molecule has 168 valence electrons. The van der Waals surface area contributed by atoms with Crippen molar-refractivity contribution >= 4 is 52.3 Å². The minimum Gasteiger partial charge on any atom is -0.495 e. The van der Waals surface area contributed by atoms with Crippen molar-refractivity contribution in [1.82, 2.24) is 5.32 Å². The van der Waals surface area contributed by atoms with Crippen molar-refractivity contribution < 1.29 is 19.1 Å². The third kappa shape index (κ3) is 3.68. The molecule has 3 atom stereocenters. The van der Waals surface area contributed by atoms with Gasteiger partial charge in [0, 0.05) is 33.8 Å². The number of benzene rings is 2. The van der Waals surface area contributed by atoms with E-state index in [-0.39, 0.29) is 18.7 Å². The molecule has 2 heterocycles. The molecule has 32 heavy (non-hydrogen) atoms. The van der Waals surface area contributed by atoms with E-state index in [9.17, 15) is 14.4 Å². The van der Waals surface area contributed by atoms with Gasteiger partial charge in [-0.15, -0.1) is 0 Å². The molecule has 5 N–H and O–H groups in total. The van der Waals surface area contributed by atoms with Crippen molar-refractivity contribution in [2.75, 3.05) is 17.7 Å². The van der Waals surface area contributed by atoms with Gasteiger partial charge in [-0.05, 0) is 49.2 Å². The van der Waals surface area contributed by atoms with Gasteiger partial charge in [0.25, 0.3) is 0 Å². The van der Waals surface area contributed by atoms with Crippen molar-refractivity contribution in [2.24, 2.45) is 11.7 Å². The standard InChI is InChI=1S/C22H22Cl2N4O4/c1-10-5-12(24)6-14-19(10)27-21(31)22(14)15(8-13(28-22)9-18(25)29)20(30)26-16-7-11(23)3-4-17(16)32-2/h3-7,13,15,28H,8-9H2,1-2H3,(H2,25,29)(H,26,30)(H,27,31)/t13-,15-,22-/m0/s1. The lowest BCUT2D eigenvalue weighted by molar-refractivity contribution is -0.130. The molecule has 0 bridgehead atoms. The van der Waals surface area contributed by atoms with E-state index >= 15 is 0 Å². The Morgan fingerprint density at radius 1 is 1.25 bits per heavy atom. The molecule has 2 aromatic rings. The van der Waals surface area contributed by atoms with Gasteiger partial charge in [0.1, 0.15) is 11.3 Å². The summed E-state index contributed by atoms with van der Waals surface area (Å²) in [5, 5.41) is 9.79. The monoisotopic (exact) mass is 476 g/mol. The highest BCUT2D eigenvalue weighted by molar-refractivity contribution is 6.31. The molecular formula is C22H22Cl2N4O4. The highest BCUT2D eigenvalue weighted by Crippen LogP contribution is 2.49. The van der Waals surface area contributed by atoms with Crippen LogP contribution in [0.25, 0.3) is 0 Å². The molecule has 0 radical (unpaired) electrons. The van der Waals surface area contributed by atoms with E-state index in [4.69, 9.17) is 33.7 Å². The van der Waals surface area contributed by atoms with Crippen LogP contribution in [-0.4, -0.2) is 30.9 Å². The first-order valence-electron chi connectivity index (χ1n) is 9.98. The molecule has 8 nitrogen and oxygen atoms in total. The number of primary amides is 1. The van der Waals surface area contributed by atoms with Gasteiger partial charge in [-0.2, -0.15) is 0 Å². The second-order valence-electron chi connectivity index (χ2n) is 8.04. The van der Waals surface area contributed by atoms with Crippen LogP contribution in [0.3, 0.4) is 0 Å². The van der Waals surface area contributed by atoms with Crippen LogP contribution in [0.2, 0.25) is 10.0 Å². The summed E-state index contributed by atoms with van der Waals surface area (Å²) in [6, 6.07) is 7.78. The van der Waals surface area contributed by atoms with Crippen molar-refractivity contribution in [3.05, 3.63) is 51.5 Å². The fourth-order valence-corrected chi connectivity index (χ4v) is 5.11. The van der Waals surface area contributed by atoms with Gasteiger partial charge in [0.05, 0.1) is 18.7 Å². The summed E-state index contributed by atoms with van der Waals surface area (Å²) < 4.78 is 5.32. The number of carbonyl (C=O) groups is 3. The van der Waals surface area contributed by atoms with Gasteiger partial charge in [0.15, 0.2) is 0 Å². The van der Waals surface area contributed by atoms with E-state index in [0.29, 0.717) is 32.7 Å². The van der Waals surface area contributed by atoms with Crippen LogP contribution < -0.4 is 26.4 Å². The van der Waals surface area contributed by atoms with Crippen molar-refractivity contribution in [3.63, 3.8) is 0 Å². The molecule has 1 fully saturated rings. The van der Waals surface area contributed by atoms with Crippen LogP contribution in [0, 0.1) is 12.8 Å². The fraction of sp³-hybridized carbons (Fsp3) is 0.318. The largest absolute Gasteiger partial charge is 0.495 e. The average molecular weight is 477 g/mol. The lowest BCUT2D eigenvalue weighted by atomic mass is 9.79. The average Bonchev–Trinajstić information content (AvgIpc) is 3.21. The molecule has 0 saturated carbocycles. The highest BCUT2D eigenvalue weighted by Gasteiger charge is 2.60. The Kier molecular flexibility index (Phi) is 5.79. The molecule has 1 saturated heterocycles. The van der Waals surface area contributed by atoms with E-state index in [2.05, 4.69) is 16.0 Å². The summed E-state index contributed by atoms with van der Waals surface area (Å²) in [6.45, 7) is 1.83. The Balaban J connectivity index is 1.78. The number of rotatable bonds is 5. The summed E-state index contributed by atoms with van der Waals surface area (Å²) in [5.74, 6) is -1.77. The number of aryl methyl sites for hydroxylation is 1. The number of anilines is 2. The number of methoxy groups -OCH3 is 1. The summed E-state index contributed by atoms with van der Waals surface area (Å²) in [6.07, 6.45) is 0.199. The van der Waals surface area contributed by atoms with Gasteiger partial charge >= 0.3 is 0 Å². The number of carbonyl (C=O) groups excluding carboxylic acids is 3. The van der Waals surface area contributed by atoms with E-state index in [1.54, 1.807) is 30.3 Å². The SMILES string of the molecule is COc1ccc(Cl)cc1NC(=O)[C@@H]1C[C@@H](CC(N)=O)N[C@]12C(=O)Nc1c(C)cc(Cl)cc12. The number of fused-ring (bicyclic) bond motifs is 2. The van der Waals surface area contributed by atoms with Crippen molar-refractivity contribution in [1.29, 1.82) is 0 Å². The Morgan fingerprint density at radius 3 is 2.69 bits per heavy atom. The zero-order chi connectivity index (χ0) is 23.2. The van der Waals surface area contributed by atoms with Crippen LogP contribution in [-0.2, 0) is 19.9 Å². The molecule has 0 aliphatic carbocycles. The molecule has 2 aliphatic rings. The first-order valence-corrected chi connectivity index (χ1v) is 10.7. The second-order valence-corrected chi connectivity index (χ2v) is 8.91. The summed E-state index contributed by atoms with van der Waals surface area (Å²) in [4.78, 5) is 38.5. The van der Waals surface area contributed by atoms with Crippen LogP contribution in [0.1, 0.15) is 24.0 Å². The summed E-state index contributed by atoms with van der Waals surface area (Å²) in [5.41, 5.74) is 6.32. The minimum atomic E-state index is -1.40. The number of nitrogens with two attached hydrogens (primary N) is 1. The molecule has 4 rings (SSSR count). The Morgan fingerprint density at radius 2 is 2.00 bits per heavy atom. The molecule has 2 aromatic carbocycles. The minimum absolute atomic E-state index is 0.0197. The molecule has 0 aromatic heterocycles. The van der Waals surface area contributed by atoms with E-state index < -0.39 is 29.3 Å². The quantitative estimate of drug-likeness (QED) is 0.528. The van der Waals surface area contributed by atoms with E-state index in [0.717, 1.165) is 5.56 Å². The molecule has 1 spiro atoms. The Labute approximate surface area is 194 Å². The molecule has 10 heteroatoms. The summed E-state index contributed by atoms with van der Waals surface area (Å²) >= 11 is 12.4. The zero-order valence-corrected chi connectivity index (χ0v) is 18.9. The van der Waals surface area contributed by atoms with Gasteiger partial charge in [-0.3, -0.25) is 19.7 Å². The third-order valence-electron chi connectivity index (χ3n) is 5.98. The number of amides is 3. The fourth-order valence-electron chi connectivity index (χ4n) is 4.67. The Bertz CT molecular complexity index is 1140. The summed E-state index contributed by atoms with van der Waals surface area (Å²) in [7, 11) is 1.48. The topological polar surface area (TPSA) is 123 Å². The van der Waals surface area contributed by atoms with Crippen molar-refractivity contribution in [3.8, 4) is 5.75 Å². The second kappa shape index (κ2) is 8.27. The maximum atomic E-state index is 13.5. The maximum Gasteiger partial charge on any atom is 0.250 e. The molecule has 0 unspecified atom stereocenters. The lowest BCUT2D eigenvalue weighted by Crippen LogP contribution is -2.52. The van der Waals surface area contributed by atoms with Crippen molar-refractivity contribution in [2.45, 2.75) is 31.3 Å².